The van der Waals surface area contributed by atoms with Crippen molar-refractivity contribution in [3.8, 4) is 0 Å². The minimum atomic E-state index is -0.376. The molecule has 1 aromatic heterocycles. The van der Waals surface area contributed by atoms with Crippen LogP contribution in [0.4, 0.5) is 33.6 Å². The summed E-state index contributed by atoms with van der Waals surface area (Å²) in [5.74, 6) is 0.821. The van der Waals surface area contributed by atoms with Crippen molar-refractivity contribution in [2.45, 2.75) is 13.0 Å². The maximum absolute atomic E-state index is 13.3. The third-order valence-electron chi connectivity index (χ3n) is 4.57. The van der Waals surface area contributed by atoms with Crippen LogP contribution in [0.25, 0.3) is 0 Å². The van der Waals surface area contributed by atoms with Gasteiger partial charge in [-0.05, 0) is 49.4 Å². The molecule has 3 aromatic rings. The Kier molecular flexibility index (Phi) is 7.86. The van der Waals surface area contributed by atoms with Crippen LogP contribution in [0.3, 0.4) is 0 Å². The van der Waals surface area contributed by atoms with Gasteiger partial charge in [0.15, 0.2) is 0 Å². The van der Waals surface area contributed by atoms with Gasteiger partial charge in [0.25, 0.3) is 0 Å². The maximum atomic E-state index is 13.3. The molecular formula is C23H27ClN6O2. The van der Waals surface area contributed by atoms with Crippen molar-refractivity contribution in [2.24, 2.45) is 0 Å². The molecule has 0 aliphatic heterocycles. The molecule has 0 spiro atoms. The zero-order valence-electron chi connectivity index (χ0n) is 18.5. The van der Waals surface area contributed by atoms with Crippen molar-refractivity contribution >= 4 is 46.5 Å². The Labute approximate surface area is 193 Å². The second kappa shape index (κ2) is 10.8. The normalized spacial score (nSPS) is 11.5. The summed E-state index contributed by atoms with van der Waals surface area (Å²) in [7, 11) is 5.55. The van der Waals surface area contributed by atoms with Gasteiger partial charge in [-0.25, -0.2) is 14.7 Å². The summed E-state index contributed by atoms with van der Waals surface area (Å²) < 4.78 is 5.16. The molecule has 2 N–H and O–H groups in total. The lowest BCUT2D eigenvalue weighted by molar-refractivity contribution is 0.190. The molecule has 2 amide bonds. The standard InChI is InChI=1S/C23H27ClN6O2/c1-16(15-32-4)26-22-25-13-12-21(28-22)30(20-10-8-19(9-11-20)29(2)3)23(31)27-18-7-5-6-17(24)14-18/h5-14,16H,15H2,1-4H3,(H,27,31)(H,25,26,28)/t16-/m0/s1. The van der Waals surface area contributed by atoms with E-state index >= 15 is 0 Å². The van der Waals surface area contributed by atoms with Gasteiger partial charge in [0.2, 0.25) is 5.95 Å². The van der Waals surface area contributed by atoms with E-state index < -0.39 is 0 Å². The summed E-state index contributed by atoms with van der Waals surface area (Å²) in [6.07, 6.45) is 1.61. The van der Waals surface area contributed by atoms with Gasteiger partial charge >= 0.3 is 6.03 Å². The highest BCUT2D eigenvalue weighted by molar-refractivity contribution is 6.31. The van der Waals surface area contributed by atoms with E-state index in [1.165, 1.54) is 4.90 Å². The molecule has 8 nitrogen and oxygen atoms in total. The number of nitrogens with one attached hydrogen (secondary N) is 2. The van der Waals surface area contributed by atoms with Gasteiger partial charge in [0.1, 0.15) is 5.82 Å². The number of ether oxygens (including phenoxy) is 1. The molecule has 32 heavy (non-hydrogen) atoms. The first-order valence-electron chi connectivity index (χ1n) is 10.1. The van der Waals surface area contributed by atoms with E-state index in [9.17, 15) is 4.79 Å². The van der Waals surface area contributed by atoms with Gasteiger partial charge in [-0.3, -0.25) is 0 Å². The van der Waals surface area contributed by atoms with Crippen molar-refractivity contribution < 1.29 is 9.53 Å². The lowest BCUT2D eigenvalue weighted by Crippen LogP contribution is -2.32. The first-order chi connectivity index (χ1) is 15.4. The first kappa shape index (κ1) is 23.3. The van der Waals surface area contributed by atoms with Crippen molar-refractivity contribution in [1.29, 1.82) is 0 Å². The maximum Gasteiger partial charge on any atom is 0.332 e. The highest BCUT2D eigenvalue weighted by Gasteiger charge is 2.21. The SMILES string of the molecule is COC[C@H](C)Nc1nccc(N(C(=O)Nc2cccc(Cl)c2)c2ccc(N(C)C)cc2)n1. The number of carbonyl (C=O) groups excluding carboxylic acids is 1. The third-order valence-corrected chi connectivity index (χ3v) is 4.80. The number of urea groups is 1. The summed E-state index contributed by atoms with van der Waals surface area (Å²) >= 11 is 6.08. The molecule has 0 saturated heterocycles. The molecule has 0 radical (unpaired) electrons. The summed E-state index contributed by atoms with van der Waals surface area (Å²) in [5.41, 5.74) is 2.26. The van der Waals surface area contributed by atoms with Crippen molar-refractivity contribution in [3.05, 3.63) is 65.8 Å². The van der Waals surface area contributed by atoms with E-state index in [0.717, 1.165) is 5.69 Å². The third kappa shape index (κ3) is 6.09. The average Bonchev–Trinajstić information content (AvgIpc) is 2.75. The Balaban J connectivity index is 1.95. The van der Waals surface area contributed by atoms with Crippen LogP contribution in [0.1, 0.15) is 6.92 Å². The molecule has 0 unspecified atom stereocenters. The van der Waals surface area contributed by atoms with E-state index in [-0.39, 0.29) is 12.1 Å². The quantitative estimate of drug-likeness (QED) is 0.497. The minimum Gasteiger partial charge on any atom is -0.383 e. The Morgan fingerprint density at radius 3 is 2.50 bits per heavy atom. The molecular weight excluding hydrogens is 428 g/mol. The largest absolute Gasteiger partial charge is 0.383 e. The Morgan fingerprint density at radius 2 is 1.84 bits per heavy atom. The smallest absolute Gasteiger partial charge is 0.332 e. The van der Waals surface area contributed by atoms with Crippen LogP contribution in [0.15, 0.2) is 60.8 Å². The number of carbonyl (C=O) groups is 1. The fourth-order valence-corrected chi connectivity index (χ4v) is 3.24. The topological polar surface area (TPSA) is 82.6 Å². The molecule has 0 aliphatic rings. The fraction of sp³-hybridized carbons (Fsp3) is 0.261. The predicted molar refractivity (Wildman–Crippen MR) is 130 cm³/mol. The number of benzene rings is 2. The van der Waals surface area contributed by atoms with Crippen LogP contribution in [0.5, 0.6) is 0 Å². The second-order valence-corrected chi connectivity index (χ2v) is 7.86. The number of anilines is 5. The minimum absolute atomic E-state index is 0.00311. The molecule has 1 heterocycles. The zero-order chi connectivity index (χ0) is 23.1. The number of hydrogen-bond donors (Lipinski definition) is 2. The Bertz CT molecular complexity index is 1040. The van der Waals surface area contributed by atoms with Crippen LogP contribution >= 0.6 is 11.6 Å². The number of methoxy groups -OCH3 is 1. The first-order valence-corrected chi connectivity index (χ1v) is 10.5. The van der Waals surface area contributed by atoms with Gasteiger partial charge in [-0.15, -0.1) is 0 Å². The van der Waals surface area contributed by atoms with E-state index in [0.29, 0.717) is 34.8 Å². The van der Waals surface area contributed by atoms with Crippen LogP contribution in [-0.4, -0.2) is 49.9 Å². The lowest BCUT2D eigenvalue weighted by Gasteiger charge is -2.24. The van der Waals surface area contributed by atoms with E-state index in [2.05, 4.69) is 20.6 Å². The van der Waals surface area contributed by atoms with Gasteiger partial charge < -0.3 is 20.3 Å². The van der Waals surface area contributed by atoms with Gasteiger partial charge in [0.05, 0.1) is 12.3 Å². The average molecular weight is 455 g/mol. The number of halogens is 1. The molecule has 0 fully saturated rings. The van der Waals surface area contributed by atoms with E-state index in [1.54, 1.807) is 43.6 Å². The molecule has 1 atom stereocenters. The number of amides is 2. The van der Waals surface area contributed by atoms with E-state index in [1.807, 2.05) is 50.2 Å². The van der Waals surface area contributed by atoms with Crippen molar-refractivity contribution in [1.82, 2.24) is 9.97 Å². The summed E-state index contributed by atoms with van der Waals surface area (Å²) in [6, 6.07) is 15.9. The number of hydrogen-bond acceptors (Lipinski definition) is 6. The molecule has 0 aliphatic carbocycles. The molecule has 168 valence electrons. The Hall–Kier alpha value is -3.36. The summed E-state index contributed by atoms with van der Waals surface area (Å²) in [6.45, 7) is 2.46. The highest BCUT2D eigenvalue weighted by Crippen LogP contribution is 2.28. The number of aromatic nitrogens is 2. The van der Waals surface area contributed by atoms with Gasteiger partial charge in [-0.1, -0.05) is 17.7 Å². The van der Waals surface area contributed by atoms with Crippen LogP contribution in [0.2, 0.25) is 5.02 Å². The van der Waals surface area contributed by atoms with Crippen LogP contribution in [0, 0.1) is 0 Å². The lowest BCUT2D eigenvalue weighted by atomic mass is 10.2. The number of nitrogens with zero attached hydrogens (tertiary/aromatic N) is 4. The van der Waals surface area contributed by atoms with Crippen molar-refractivity contribution in [3.63, 3.8) is 0 Å². The van der Waals surface area contributed by atoms with Gasteiger partial charge in [-0.2, -0.15) is 4.98 Å². The molecule has 0 bridgehead atoms. The molecule has 2 aromatic carbocycles. The highest BCUT2D eigenvalue weighted by atomic mass is 35.5. The van der Waals surface area contributed by atoms with Crippen LogP contribution in [-0.2, 0) is 4.74 Å². The Morgan fingerprint density at radius 1 is 1.12 bits per heavy atom. The summed E-state index contributed by atoms with van der Waals surface area (Å²) in [4.78, 5) is 25.7. The van der Waals surface area contributed by atoms with Gasteiger partial charge in [0, 0.05) is 55.9 Å². The van der Waals surface area contributed by atoms with Crippen molar-refractivity contribution in [2.75, 3.05) is 48.2 Å². The molecule has 0 saturated carbocycles. The predicted octanol–water partition coefficient (Wildman–Crippen LogP) is 5.01. The molecule has 9 heteroatoms. The molecule has 3 rings (SSSR count). The monoisotopic (exact) mass is 454 g/mol. The van der Waals surface area contributed by atoms with Crippen LogP contribution < -0.4 is 20.4 Å². The number of rotatable bonds is 8. The summed E-state index contributed by atoms with van der Waals surface area (Å²) in [5, 5.41) is 6.60. The zero-order valence-corrected chi connectivity index (χ0v) is 19.3. The van der Waals surface area contributed by atoms with E-state index in [4.69, 9.17) is 16.3 Å². The fourth-order valence-electron chi connectivity index (χ4n) is 3.05. The second-order valence-electron chi connectivity index (χ2n) is 7.43.